The van der Waals surface area contributed by atoms with Gasteiger partial charge >= 0.3 is 5.97 Å². The minimum Gasteiger partial charge on any atom is -0.462 e. The van der Waals surface area contributed by atoms with Gasteiger partial charge in [0, 0.05) is 30.5 Å². The van der Waals surface area contributed by atoms with Gasteiger partial charge < -0.3 is 14.6 Å². The molecule has 0 aromatic carbocycles. The average Bonchev–Trinajstić information content (AvgIpc) is 3.18. The van der Waals surface area contributed by atoms with Crippen LogP contribution in [-0.2, 0) is 22.6 Å². The number of anilines is 2. The van der Waals surface area contributed by atoms with Crippen LogP contribution in [0, 0.1) is 5.92 Å². The molecule has 0 fully saturated rings. The van der Waals surface area contributed by atoms with Crippen molar-refractivity contribution in [1.29, 1.82) is 0 Å². The second-order valence-electron chi connectivity index (χ2n) is 7.25. The normalized spacial score (nSPS) is 11.5. The second kappa shape index (κ2) is 8.20. The van der Waals surface area contributed by atoms with Gasteiger partial charge in [0.1, 0.15) is 12.2 Å². The maximum absolute atomic E-state index is 11.7. The fourth-order valence-electron chi connectivity index (χ4n) is 2.68. The van der Waals surface area contributed by atoms with Crippen LogP contribution < -0.4 is 5.32 Å². The second-order valence-corrected chi connectivity index (χ2v) is 7.25. The number of hydrogen-bond acceptors (Lipinski definition) is 6. The molecule has 3 aromatic rings. The largest absolute Gasteiger partial charge is 0.462 e. The molecule has 0 saturated heterocycles. The topological polar surface area (TPSA) is 86.9 Å². The number of hydrogen-bond donors (Lipinski definition) is 1. The summed E-state index contributed by atoms with van der Waals surface area (Å²) in [6, 6.07) is 2.03. The minimum absolute atomic E-state index is 0.0673. The number of fused-ring (bicyclic) bond motifs is 1. The van der Waals surface area contributed by atoms with E-state index in [4.69, 9.17) is 4.74 Å². The maximum atomic E-state index is 11.7. The average molecular weight is 370 g/mol. The first-order valence-corrected chi connectivity index (χ1v) is 9.21. The molecule has 0 atom stereocenters. The first kappa shape index (κ1) is 18.9. The molecule has 0 aliphatic carbocycles. The molecular formula is C19H26N6O2. The van der Waals surface area contributed by atoms with Crippen molar-refractivity contribution in [3.63, 3.8) is 0 Å². The van der Waals surface area contributed by atoms with Gasteiger partial charge in [-0.25, -0.2) is 4.98 Å². The summed E-state index contributed by atoms with van der Waals surface area (Å²) in [5.41, 5.74) is 1.62. The van der Waals surface area contributed by atoms with Crippen molar-refractivity contribution >= 4 is 28.6 Å². The number of esters is 1. The van der Waals surface area contributed by atoms with Crippen LogP contribution in [0.5, 0.6) is 0 Å². The summed E-state index contributed by atoms with van der Waals surface area (Å²) in [5, 5.41) is 8.32. The Hall–Kier alpha value is -2.90. The molecule has 0 saturated carbocycles. The Morgan fingerprint density at radius 3 is 2.81 bits per heavy atom. The molecule has 0 unspecified atom stereocenters. The van der Waals surface area contributed by atoms with Crippen molar-refractivity contribution < 1.29 is 9.53 Å². The molecule has 27 heavy (non-hydrogen) atoms. The van der Waals surface area contributed by atoms with Gasteiger partial charge in [0.2, 0.25) is 5.95 Å². The monoisotopic (exact) mass is 370 g/mol. The SMILES string of the molecule is CC(C)CCn1ccc2cnc(Nc3cnn(CC(=O)OC(C)C)c3)nc21. The maximum Gasteiger partial charge on any atom is 0.328 e. The summed E-state index contributed by atoms with van der Waals surface area (Å²) in [7, 11) is 0. The zero-order valence-corrected chi connectivity index (χ0v) is 16.2. The van der Waals surface area contributed by atoms with E-state index in [1.807, 2.05) is 26.1 Å². The number of nitrogens with one attached hydrogen (secondary N) is 1. The number of aryl methyl sites for hydroxylation is 1. The van der Waals surface area contributed by atoms with E-state index in [1.54, 1.807) is 18.6 Å². The molecule has 8 nitrogen and oxygen atoms in total. The quantitative estimate of drug-likeness (QED) is 0.612. The molecule has 3 rings (SSSR count). The molecule has 0 amide bonds. The van der Waals surface area contributed by atoms with Gasteiger partial charge in [0.25, 0.3) is 0 Å². The number of rotatable bonds is 8. The number of carbonyl (C=O) groups is 1. The van der Waals surface area contributed by atoms with Crippen LogP contribution in [0.4, 0.5) is 11.6 Å². The number of nitrogens with zero attached hydrogens (tertiary/aromatic N) is 5. The summed E-state index contributed by atoms with van der Waals surface area (Å²) in [5.74, 6) is 0.812. The Morgan fingerprint density at radius 2 is 2.07 bits per heavy atom. The number of carbonyl (C=O) groups excluding carboxylic acids is 1. The molecule has 0 aliphatic heterocycles. The van der Waals surface area contributed by atoms with E-state index in [9.17, 15) is 4.79 Å². The Bertz CT molecular complexity index is 912. The Labute approximate surface area is 158 Å². The summed E-state index contributed by atoms with van der Waals surface area (Å²) in [6.45, 7) is 9.05. The Balaban J connectivity index is 1.69. The van der Waals surface area contributed by atoms with Crippen molar-refractivity contribution in [3.8, 4) is 0 Å². The van der Waals surface area contributed by atoms with Crippen LogP contribution in [0.25, 0.3) is 11.0 Å². The fourth-order valence-corrected chi connectivity index (χ4v) is 2.68. The van der Waals surface area contributed by atoms with Gasteiger partial charge in [-0.1, -0.05) is 13.8 Å². The highest BCUT2D eigenvalue weighted by Gasteiger charge is 2.10. The molecule has 0 aliphatic rings. The third-order valence-corrected chi connectivity index (χ3v) is 4.00. The van der Waals surface area contributed by atoms with Crippen molar-refractivity contribution in [3.05, 3.63) is 30.9 Å². The Kier molecular flexibility index (Phi) is 5.73. The van der Waals surface area contributed by atoms with Crippen LogP contribution in [-0.4, -0.2) is 36.4 Å². The molecule has 3 aromatic heterocycles. The lowest BCUT2D eigenvalue weighted by atomic mass is 10.1. The minimum atomic E-state index is -0.319. The van der Waals surface area contributed by atoms with Gasteiger partial charge in [-0.3, -0.25) is 9.48 Å². The fraction of sp³-hybridized carbons (Fsp3) is 0.474. The third-order valence-electron chi connectivity index (χ3n) is 4.00. The smallest absolute Gasteiger partial charge is 0.328 e. The van der Waals surface area contributed by atoms with Gasteiger partial charge in [-0.2, -0.15) is 10.1 Å². The summed E-state index contributed by atoms with van der Waals surface area (Å²) < 4.78 is 8.80. The molecule has 8 heteroatoms. The summed E-state index contributed by atoms with van der Waals surface area (Å²) >= 11 is 0. The highest BCUT2D eigenvalue weighted by Crippen LogP contribution is 2.18. The van der Waals surface area contributed by atoms with E-state index >= 15 is 0 Å². The van der Waals surface area contributed by atoms with E-state index in [0.29, 0.717) is 17.6 Å². The van der Waals surface area contributed by atoms with Crippen molar-refractivity contribution in [1.82, 2.24) is 24.3 Å². The van der Waals surface area contributed by atoms with Crippen LogP contribution in [0.15, 0.2) is 30.9 Å². The molecule has 3 heterocycles. The zero-order chi connectivity index (χ0) is 19.4. The first-order chi connectivity index (χ1) is 12.9. The van der Waals surface area contributed by atoms with E-state index < -0.39 is 0 Å². The van der Waals surface area contributed by atoms with Crippen molar-refractivity contribution in [2.45, 2.75) is 53.3 Å². The first-order valence-electron chi connectivity index (χ1n) is 9.21. The molecule has 0 bridgehead atoms. The lowest BCUT2D eigenvalue weighted by Gasteiger charge is -2.08. The molecule has 0 radical (unpaired) electrons. The molecular weight excluding hydrogens is 344 g/mol. The number of aromatic nitrogens is 5. The Morgan fingerprint density at radius 1 is 1.26 bits per heavy atom. The highest BCUT2D eigenvalue weighted by atomic mass is 16.5. The summed E-state index contributed by atoms with van der Waals surface area (Å²) in [4.78, 5) is 20.7. The van der Waals surface area contributed by atoms with Crippen molar-refractivity contribution in [2.24, 2.45) is 5.92 Å². The lowest BCUT2D eigenvalue weighted by molar-refractivity contribution is -0.148. The van der Waals surface area contributed by atoms with Crippen LogP contribution in [0.3, 0.4) is 0 Å². The standard InChI is InChI=1S/C19H26N6O2/c1-13(2)5-7-24-8-6-15-9-20-19(23-18(15)24)22-16-10-21-25(11-16)12-17(26)27-14(3)4/h6,8-11,13-14H,5,7,12H2,1-4H3,(H,20,22,23). The molecule has 1 N–H and O–H groups in total. The van der Waals surface area contributed by atoms with Gasteiger partial charge in [0.05, 0.1) is 18.0 Å². The number of ether oxygens (including phenoxy) is 1. The predicted molar refractivity (Wildman–Crippen MR) is 104 cm³/mol. The van der Waals surface area contributed by atoms with Gasteiger partial charge in [0.15, 0.2) is 0 Å². The summed E-state index contributed by atoms with van der Waals surface area (Å²) in [6.07, 6.45) is 8.17. The lowest BCUT2D eigenvalue weighted by Crippen LogP contribution is -2.17. The molecule has 144 valence electrons. The van der Waals surface area contributed by atoms with E-state index in [0.717, 1.165) is 24.0 Å². The van der Waals surface area contributed by atoms with Crippen LogP contribution >= 0.6 is 0 Å². The molecule has 0 spiro atoms. The van der Waals surface area contributed by atoms with Gasteiger partial charge in [-0.15, -0.1) is 0 Å². The highest BCUT2D eigenvalue weighted by molar-refractivity contribution is 5.76. The van der Waals surface area contributed by atoms with Crippen LogP contribution in [0.2, 0.25) is 0 Å². The van der Waals surface area contributed by atoms with E-state index in [1.165, 1.54) is 4.68 Å². The predicted octanol–water partition coefficient (Wildman–Crippen LogP) is 3.37. The third kappa shape index (κ3) is 5.06. The van der Waals surface area contributed by atoms with E-state index in [-0.39, 0.29) is 18.6 Å². The van der Waals surface area contributed by atoms with E-state index in [2.05, 4.69) is 38.8 Å². The van der Waals surface area contributed by atoms with Crippen molar-refractivity contribution in [2.75, 3.05) is 5.32 Å². The van der Waals surface area contributed by atoms with Crippen LogP contribution in [0.1, 0.15) is 34.1 Å². The van der Waals surface area contributed by atoms with Gasteiger partial charge in [-0.05, 0) is 32.3 Å². The zero-order valence-electron chi connectivity index (χ0n) is 16.2.